The molecule has 1 atom stereocenters. The quantitative estimate of drug-likeness (QED) is 0.865. The van der Waals surface area contributed by atoms with E-state index in [1.807, 2.05) is 19.1 Å². The Hall–Kier alpha value is -1.42. The first-order valence-electron chi connectivity index (χ1n) is 5.14. The topological polar surface area (TPSA) is 49.9 Å². The van der Waals surface area contributed by atoms with E-state index in [4.69, 9.17) is 0 Å². The molecule has 1 aromatic heterocycles. The first-order chi connectivity index (χ1) is 7.61. The zero-order chi connectivity index (χ0) is 11.7. The lowest BCUT2D eigenvalue weighted by atomic mass is 10.2. The molecule has 0 bridgehead atoms. The number of benzene rings is 1. The highest BCUT2D eigenvalue weighted by Gasteiger charge is 2.04. The number of fused-ring (bicyclic) bond motifs is 1. The van der Waals surface area contributed by atoms with Crippen molar-refractivity contribution in [2.24, 2.45) is 0 Å². The van der Waals surface area contributed by atoms with Gasteiger partial charge in [0.1, 0.15) is 0 Å². The van der Waals surface area contributed by atoms with Gasteiger partial charge in [-0.25, -0.2) is 0 Å². The molecule has 2 rings (SSSR count). The van der Waals surface area contributed by atoms with Crippen LogP contribution in [0.2, 0.25) is 0 Å². The van der Waals surface area contributed by atoms with Crippen molar-refractivity contribution in [3.05, 3.63) is 40.2 Å². The van der Waals surface area contributed by atoms with Gasteiger partial charge >= 0.3 is 0 Å². The number of aromatic nitrogens is 1. The smallest absolute Gasteiger partial charge is 0.251 e. The zero-order valence-corrected chi connectivity index (χ0v) is 10.1. The maximum absolute atomic E-state index is 11.6. The molecular weight excluding hydrogens is 222 g/mol. The van der Waals surface area contributed by atoms with E-state index in [2.05, 4.69) is 4.98 Å². The molecule has 0 aliphatic rings. The lowest BCUT2D eigenvalue weighted by molar-refractivity contribution is 0.684. The molecule has 1 aromatic carbocycles. The molecule has 1 heterocycles. The van der Waals surface area contributed by atoms with E-state index < -0.39 is 10.8 Å². The summed E-state index contributed by atoms with van der Waals surface area (Å²) in [5.74, 6) is 0.605. The summed E-state index contributed by atoms with van der Waals surface area (Å²) >= 11 is 0. The normalized spacial score (nSPS) is 12.9. The second kappa shape index (κ2) is 4.22. The number of aromatic amines is 1. The second-order valence-electron chi connectivity index (χ2n) is 3.66. The Balaban J connectivity index is 2.67. The first-order valence-corrected chi connectivity index (χ1v) is 6.46. The summed E-state index contributed by atoms with van der Waals surface area (Å²) in [4.78, 5) is 15.0. The Morgan fingerprint density at radius 2 is 2.06 bits per heavy atom. The summed E-state index contributed by atoms with van der Waals surface area (Å²) in [5, 5.41) is 0.927. The van der Waals surface area contributed by atoms with E-state index in [1.54, 1.807) is 19.1 Å². The van der Waals surface area contributed by atoms with Gasteiger partial charge in [-0.1, -0.05) is 6.92 Å². The summed E-state index contributed by atoms with van der Waals surface area (Å²) in [6.45, 7) is 3.65. The van der Waals surface area contributed by atoms with Crippen molar-refractivity contribution in [2.75, 3.05) is 5.75 Å². The van der Waals surface area contributed by atoms with Crippen LogP contribution in [-0.4, -0.2) is 14.9 Å². The lowest BCUT2D eigenvalue weighted by Crippen LogP contribution is -2.08. The minimum absolute atomic E-state index is 0.0723. The van der Waals surface area contributed by atoms with Crippen molar-refractivity contribution in [3.8, 4) is 0 Å². The maximum atomic E-state index is 11.6. The van der Waals surface area contributed by atoms with E-state index in [0.717, 1.165) is 15.8 Å². The van der Waals surface area contributed by atoms with Gasteiger partial charge in [0.2, 0.25) is 0 Å². The highest BCUT2D eigenvalue weighted by Crippen LogP contribution is 2.16. The minimum atomic E-state index is -0.950. The molecule has 0 saturated carbocycles. The molecule has 1 unspecified atom stereocenters. The van der Waals surface area contributed by atoms with Crippen molar-refractivity contribution in [1.82, 2.24) is 4.98 Å². The third-order valence-corrected chi connectivity index (χ3v) is 3.83. The van der Waals surface area contributed by atoms with Crippen molar-refractivity contribution >= 4 is 21.7 Å². The van der Waals surface area contributed by atoms with Crippen LogP contribution in [0.25, 0.3) is 10.9 Å². The van der Waals surface area contributed by atoms with Gasteiger partial charge in [0.15, 0.2) is 0 Å². The number of aryl methyl sites for hydroxylation is 1. The number of nitrogens with one attached hydrogen (secondary N) is 1. The van der Waals surface area contributed by atoms with Gasteiger partial charge in [-0.3, -0.25) is 9.00 Å². The molecule has 4 heteroatoms. The van der Waals surface area contributed by atoms with Crippen LogP contribution in [-0.2, 0) is 10.8 Å². The summed E-state index contributed by atoms with van der Waals surface area (Å²) < 4.78 is 11.6. The van der Waals surface area contributed by atoms with Crippen molar-refractivity contribution in [3.63, 3.8) is 0 Å². The van der Waals surface area contributed by atoms with Crippen LogP contribution >= 0.6 is 0 Å². The second-order valence-corrected chi connectivity index (χ2v) is 5.40. The lowest BCUT2D eigenvalue weighted by Gasteiger charge is -2.03. The molecule has 1 N–H and O–H groups in total. The van der Waals surface area contributed by atoms with Crippen LogP contribution in [0.1, 0.15) is 12.5 Å². The Morgan fingerprint density at radius 1 is 1.31 bits per heavy atom. The maximum Gasteiger partial charge on any atom is 0.251 e. The molecule has 0 fully saturated rings. The molecule has 0 spiro atoms. The van der Waals surface area contributed by atoms with Gasteiger partial charge < -0.3 is 4.98 Å². The molecule has 2 aromatic rings. The van der Waals surface area contributed by atoms with Gasteiger partial charge in [-0.15, -0.1) is 0 Å². The van der Waals surface area contributed by atoms with Gasteiger partial charge in [-0.2, -0.15) is 0 Å². The average Bonchev–Trinajstić information content (AvgIpc) is 2.29. The largest absolute Gasteiger partial charge is 0.322 e. The van der Waals surface area contributed by atoms with Crippen LogP contribution < -0.4 is 5.56 Å². The third kappa shape index (κ3) is 1.93. The van der Waals surface area contributed by atoms with Gasteiger partial charge in [0.05, 0.1) is 10.8 Å². The molecule has 0 amide bonds. The fourth-order valence-corrected chi connectivity index (χ4v) is 2.41. The van der Waals surface area contributed by atoms with Gasteiger partial charge in [0, 0.05) is 21.7 Å². The molecule has 0 aliphatic carbocycles. The van der Waals surface area contributed by atoms with Crippen LogP contribution in [0.4, 0.5) is 0 Å². The van der Waals surface area contributed by atoms with E-state index in [1.165, 1.54) is 0 Å². The fourth-order valence-electron chi connectivity index (χ4n) is 1.60. The van der Waals surface area contributed by atoms with Crippen LogP contribution in [0.3, 0.4) is 0 Å². The van der Waals surface area contributed by atoms with Crippen molar-refractivity contribution in [2.45, 2.75) is 18.7 Å². The molecule has 0 radical (unpaired) electrons. The highest BCUT2D eigenvalue weighted by molar-refractivity contribution is 7.85. The Kier molecular flexibility index (Phi) is 2.92. The Morgan fingerprint density at radius 3 is 2.75 bits per heavy atom. The SMILES string of the molecule is CCS(=O)c1ccc2[nH]c(=O)c(C)cc2c1. The third-order valence-electron chi connectivity index (χ3n) is 2.53. The zero-order valence-electron chi connectivity index (χ0n) is 9.24. The van der Waals surface area contributed by atoms with Gasteiger partial charge in [-0.05, 0) is 36.6 Å². The molecule has 84 valence electrons. The molecular formula is C12H13NO2S. The molecule has 3 nitrogen and oxygen atoms in total. The summed E-state index contributed by atoms with van der Waals surface area (Å²) in [5.41, 5.74) is 1.39. The molecule has 16 heavy (non-hydrogen) atoms. The number of hydrogen-bond donors (Lipinski definition) is 1. The van der Waals surface area contributed by atoms with E-state index in [-0.39, 0.29) is 5.56 Å². The summed E-state index contributed by atoms with van der Waals surface area (Å²) in [6, 6.07) is 7.30. The number of rotatable bonds is 2. The first kappa shape index (κ1) is 11.1. The number of hydrogen-bond acceptors (Lipinski definition) is 2. The Bertz CT molecular complexity index is 616. The van der Waals surface area contributed by atoms with Gasteiger partial charge in [0.25, 0.3) is 5.56 Å². The highest BCUT2D eigenvalue weighted by atomic mass is 32.2. The Labute approximate surface area is 96.0 Å². The standard InChI is InChI=1S/C12H13NO2S/c1-3-16(15)10-4-5-11-9(7-10)6-8(2)12(14)13-11/h4-7H,3H2,1-2H3,(H,13,14). The van der Waals surface area contributed by atoms with E-state index in [9.17, 15) is 9.00 Å². The molecule has 0 aliphatic heterocycles. The predicted octanol–water partition coefficient (Wildman–Crippen LogP) is 1.96. The van der Waals surface area contributed by atoms with Crippen molar-refractivity contribution < 1.29 is 4.21 Å². The van der Waals surface area contributed by atoms with Crippen LogP contribution in [0.15, 0.2) is 34.0 Å². The summed E-state index contributed by atoms with van der Waals surface area (Å²) in [7, 11) is -0.950. The van der Waals surface area contributed by atoms with Crippen LogP contribution in [0.5, 0.6) is 0 Å². The minimum Gasteiger partial charge on any atom is -0.322 e. The van der Waals surface area contributed by atoms with E-state index >= 15 is 0 Å². The monoisotopic (exact) mass is 235 g/mol. The van der Waals surface area contributed by atoms with Crippen LogP contribution in [0, 0.1) is 6.92 Å². The number of pyridine rings is 1. The molecule has 0 saturated heterocycles. The predicted molar refractivity (Wildman–Crippen MR) is 66.3 cm³/mol. The number of H-pyrrole nitrogens is 1. The average molecular weight is 235 g/mol. The van der Waals surface area contributed by atoms with Crippen molar-refractivity contribution in [1.29, 1.82) is 0 Å². The van der Waals surface area contributed by atoms with E-state index in [0.29, 0.717) is 11.3 Å². The fraction of sp³-hybridized carbons (Fsp3) is 0.250. The summed E-state index contributed by atoms with van der Waals surface area (Å²) in [6.07, 6.45) is 0.